The maximum Gasteiger partial charge on any atom is 0.210 e. The monoisotopic (exact) mass is 504 g/mol. The minimum Gasteiger partial charge on any atom is -0.494 e. The predicted molar refractivity (Wildman–Crippen MR) is 144 cm³/mol. The Kier molecular flexibility index (Phi) is 5.43. The van der Waals surface area contributed by atoms with E-state index in [0.29, 0.717) is 17.2 Å². The van der Waals surface area contributed by atoms with Crippen molar-refractivity contribution >= 4 is 27.9 Å². The molecule has 186 valence electrons. The molecular formula is C29H21FN6O2. The van der Waals surface area contributed by atoms with Crippen molar-refractivity contribution in [3.05, 3.63) is 96.2 Å². The van der Waals surface area contributed by atoms with Gasteiger partial charge in [0.2, 0.25) is 5.95 Å². The van der Waals surface area contributed by atoms with Crippen LogP contribution in [0.1, 0.15) is 11.1 Å². The summed E-state index contributed by atoms with van der Waals surface area (Å²) < 4.78 is 18.3. The summed E-state index contributed by atoms with van der Waals surface area (Å²) in [6.45, 7) is 0. The molecule has 0 amide bonds. The van der Waals surface area contributed by atoms with Crippen LogP contribution in [0.2, 0.25) is 0 Å². The van der Waals surface area contributed by atoms with Crippen LogP contribution in [0.15, 0.2) is 79.3 Å². The van der Waals surface area contributed by atoms with Crippen molar-refractivity contribution in [3.63, 3.8) is 0 Å². The highest BCUT2D eigenvalue weighted by Gasteiger charge is 2.20. The molecule has 0 atom stereocenters. The fourth-order valence-electron chi connectivity index (χ4n) is 4.42. The summed E-state index contributed by atoms with van der Waals surface area (Å²) in [5, 5.41) is 21.0. The summed E-state index contributed by atoms with van der Waals surface area (Å²) >= 11 is 0. The van der Waals surface area contributed by atoms with Crippen molar-refractivity contribution < 1.29 is 14.6 Å². The van der Waals surface area contributed by atoms with Gasteiger partial charge in [-0.2, -0.15) is 0 Å². The van der Waals surface area contributed by atoms with Crippen LogP contribution in [0.25, 0.3) is 33.3 Å². The third-order valence-corrected chi connectivity index (χ3v) is 6.15. The van der Waals surface area contributed by atoms with Gasteiger partial charge >= 0.3 is 0 Å². The molecule has 0 aliphatic rings. The van der Waals surface area contributed by atoms with Gasteiger partial charge in [0.05, 0.1) is 28.6 Å². The lowest BCUT2D eigenvalue weighted by atomic mass is 10.1. The predicted octanol–water partition coefficient (Wildman–Crippen LogP) is 4.78. The number of aromatic nitrogens is 5. The topological polar surface area (TPSA) is 92.2 Å². The quantitative estimate of drug-likeness (QED) is 0.337. The van der Waals surface area contributed by atoms with Gasteiger partial charge in [-0.25, -0.2) is 13.9 Å². The third-order valence-electron chi connectivity index (χ3n) is 6.15. The highest BCUT2D eigenvalue weighted by Crippen LogP contribution is 2.34. The number of fused-ring (bicyclic) bond motifs is 3. The molecule has 0 unspecified atom stereocenters. The van der Waals surface area contributed by atoms with E-state index < -0.39 is 5.82 Å². The maximum absolute atomic E-state index is 15.4. The van der Waals surface area contributed by atoms with Gasteiger partial charge in [-0.15, -0.1) is 0 Å². The van der Waals surface area contributed by atoms with Crippen LogP contribution in [0, 0.1) is 17.7 Å². The summed E-state index contributed by atoms with van der Waals surface area (Å²) in [7, 11) is 3.72. The smallest absolute Gasteiger partial charge is 0.210 e. The lowest BCUT2D eigenvalue weighted by molar-refractivity contribution is 0.399. The molecule has 0 fully saturated rings. The van der Waals surface area contributed by atoms with Gasteiger partial charge in [0.1, 0.15) is 11.3 Å². The maximum atomic E-state index is 15.4. The Balaban J connectivity index is 1.56. The number of nitrogens with zero attached hydrogens (tertiary/aromatic N) is 6. The molecule has 0 aliphatic heterocycles. The minimum atomic E-state index is -0.628. The second-order valence-corrected chi connectivity index (χ2v) is 8.88. The van der Waals surface area contributed by atoms with Crippen molar-refractivity contribution in [1.82, 2.24) is 24.1 Å². The first kappa shape index (κ1) is 23.1. The van der Waals surface area contributed by atoms with Gasteiger partial charge < -0.3 is 15.1 Å². The number of pyridine rings is 2. The summed E-state index contributed by atoms with van der Waals surface area (Å²) in [6.07, 6.45) is 5.10. The van der Waals surface area contributed by atoms with Gasteiger partial charge in [0.25, 0.3) is 0 Å². The van der Waals surface area contributed by atoms with Crippen LogP contribution in [-0.4, -0.2) is 48.4 Å². The average Bonchev–Trinajstić information content (AvgIpc) is 3.48. The average molecular weight is 505 g/mol. The molecule has 0 radical (unpaired) electrons. The lowest BCUT2D eigenvalue weighted by Crippen LogP contribution is -2.15. The van der Waals surface area contributed by atoms with Crippen molar-refractivity contribution in [1.29, 1.82) is 0 Å². The van der Waals surface area contributed by atoms with E-state index in [4.69, 9.17) is 4.98 Å². The zero-order valence-electron chi connectivity index (χ0n) is 20.5. The molecule has 38 heavy (non-hydrogen) atoms. The number of benzene rings is 2. The Labute approximate surface area is 216 Å². The zero-order valence-corrected chi connectivity index (χ0v) is 20.5. The van der Waals surface area contributed by atoms with Crippen molar-refractivity contribution in [2.24, 2.45) is 0 Å². The molecule has 6 aromatic rings. The number of hydrogen-bond acceptors (Lipinski definition) is 6. The van der Waals surface area contributed by atoms with E-state index in [1.165, 1.54) is 24.3 Å². The minimum absolute atomic E-state index is 0.0176. The summed E-state index contributed by atoms with van der Waals surface area (Å²) in [5.74, 6) is 5.72. The van der Waals surface area contributed by atoms with E-state index in [1.54, 1.807) is 24.7 Å². The van der Waals surface area contributed by atoms with Crippen molar-refractivity contribution in [2.75, 3.05) is 19.0 Å². The Morgan fingerprint density at radius 2 is 1.63 bits per heavy atom. The first-order valence-corrected chi connectivity index (χ1v) is 11.7. The largest absolute Gasteiger partial charge is 0.494 e. The SMILES string of the molecule is CN(C)c1nc2cnc3ccc(C#Cc4cccnc4)cc3c2n1-c1ccc(-n2c(O)ccc2O)c(F)c1. The highest BCUT2D eigenvalue weighted by atomic mass is 19.1. The van der Waals surface area contributed by atoms with Crippen LogP contribution >= 0.6 is 0 Å². The van der Waals surface area contributed by atoms with E-state index >= 15 is 4.39 Å². The van der Waals surface area contributed by atoms with E-state index in [0.717, 1.165) is 32.1 Å². The summed E-state index contributed by atoms with van der Waals surface area (Å²) in [6, 6.07) is 16.6. The number of hydrogen-bond donors (Lipinski definition) is 2. The van der Waals surface area contributed by atoms with Crippen LogP contribution in [-0.2, 0) is 0 Å². The van der Waals surface area contributed by atoms with Gasteiger partial charge in [-0.1, -0.05) is 11.8 Å². The number of anilines is 1. The molecular weight excluding hydrogens is 483 g/mol. The van der Waals surface area contributed by atoms with E-state index in [9.17, 15) is 10.2 Å². The summed E-state index contributed by atoms with van der Waals surface area (Å²) in [4.78, 5) is 15.3. The molecule has 9 heteroatoms. The molecule has 8 nitrogen and oxygen atoms in total. The molecule has 0 aliphatic carbocycles. The van der Waals surface area contributed by atoms with Gasteiger partial charge in [-0.05, 0) is 42.5 Å². The van der Waals surface area contributed by atoms with Crippen LogP contribution in [0.5, 0.6) is 11.8 Å². The molecule has 0 bridgehead atoms. The third kappa shape index (κ3) is 3.85. The number of aromatic hydroxyl groups is 2. The van der Waals surface area contributed by atoms with E-state index in [2.05, 4.69) is 21.8 Å². The van der Waals surface area contributed by atoms with Crippen molar-refractivity contribution in [3.8, 4) is 35.0 Å². The van der Waals surface area contributed by atoms with Crippen LogP contribution in [0.3, 0.4) is 0 Å². The Hall–Kier alpha value is -5.36. The number of rotatable bonds is 3. The van der Waals surface area contributed by atoms with Crippen LogP contribution < -0.4 is 4.90 Å². The first-order chi connectivity index (χ1) is 18.4. The number of imidazole rings is 1. The normalized spacial score (nSPS) is 11.0. The first-order valence-electron chi connectivity index (χ1n) is 11.7. The highest BCUT2D eigenvalue weighted by molar-refractivity contribution is 6.04. The molecule has 6 rings (SSSR count). The zero-order chi connectivity index (χ0) is 26.4. The second kappa shape index (κ2) is 8.94. The van der Waals surface area contributed by atoms with Gasteiger partial charge in [0.15, 0.2) is 11.8 Å². The molecule has 2 N–H and O–H groups in total. The lowest BCUT2D eigenvalue weighted by Gasteiger charge is -2.17. The molecule has 0 saturated carbocycles. The Morgan fingerprint density at radius 1 is 0.842 bits per heavy atom. The Bertz CT molecular complexity index is 1880. The number of halogens is 1. The van der Waals surface area contributed by atoms with Crippen molar-refractivity contribution in [2.45, 2.75) is 0 Å². The fraction of sp³-hybridized carbons (Fsp3) is 0.0690. The molecule has 2 aromatic carbocycles. The standard InChI is InChI=1S/C29H21FN6O2/c1-34(2)29-33-24-17-32-23-9-7-18(5-6-19-4-3-13-31-16-19)14-21(23)28(24)35(29)20-8-10-25(22(30)15-20)36-26(37)11-12-27(36)38/h3-4,7-17,37-38H,1-2H3. The Morgan fingerprint density at radius 3 is 2.34 bits per heavy atom. The molecule has 0 saturated heterocycles. The van der Waals surface area contributed by atoms with E-state index in [1.807, 2.05) is 53.9 Å². The van der Waals surface area contributed by atoms with Gasteiger partial charge in [-0.3, -0.25) is 14.5 Å². The fourth-order valence-corrected chi connectivity index (χ4v) is 4.42. The van der Waals surface area contributed by atoms with E-state index in [-0.39, 0.29) is 17.4 Å². The van der Waals surface area contributed by atoms with Gasteiger partial charge in [0, 0.05) is 61.2 Å². The molecule has 4 aromatic heterocycles. The molecule has 0 spiro atoms. The second-order valence-electron chi connectivity index (χ2n) is 8.88. The van der Waals surface area contributed by atoms with Crippen LogP contribution in [0.4, 0.5) is 10.3 Å². The molecule has 4 heterocycles. The summed E-state index contributed by atoms with van der Waals surface area (Å²) in [5.41, 5.74) is 4.27.